The summed E-state index contributed by atoms with van der Waals surface area (Å²) in [6.45, 7) is 3.43. The van der Waals surface area contributed by atoms with Crippen LogP contribution in [0.4, 0.5) is 5.69 Å². The molecular weight excluding hydrogens is 458 g/mol. The van der Waals surface area contributed by atoms with Crippen molar-refractivity contribution in [3.63, 3.8) is 0 Å². The molecule has 0 saturated heterocycles. The average molecular weight is 480 g/mol. The lowest BCUT2D eigenvalue weighted by Gasteiger charge is -2.10. The van der Waals surface area contributed by atoms with Crippen molar-refractivity contribution >= 4 is 40.8 Å². The van der Waals surface area contributed by atoms with E-state index in [0.717, 1.165) is 5.56 Å². The van der Waals surface area contributed by atoms with Gasteiger partial charge in [-0.1, -0.05) is 29.8 Å². The Morgan fingerprint density at radius 3 is 2.32 bits per heavy atom. The molecule has 0 heterocycles. The first-order chi connectivity index (χ1) is 16.3. The summed E-state index contributed by atoms with van der Waals surface area (Å²) < 4.78 is 10.6. The average Bonchev–Trinajstić information content (AvgIpc) is 2.84. The van der Waals surface area contributed by atoms with Crippen molar-refractivity contribution in [3.05, 3.63) is 88.4 Å². The molecule has 34 heavy (non-hydrogen) atoms. The number of anilines is 1. The molecule has 174 valence electrons. The van der Waals surface area contributed by atoms with E-state index in [0.29, 0.717) is 33.3 Å². The van der Waals surface area contributed by atoms with Gasteiger partial charge in [-0.25, -0.2) is 10.2 Å². The Morgan fingerprint density at radius 2 is 1.65 bits per heavy atom. The van der Waals surface area contributed by atoms with Crippen molar-refractivity contribution in [2.75, 3.05) is 12.4 Å². The summed E-state index contributed by atoms with van der Waals surface area (Å²) in [5.41, 5.74) is 4.56. The lowest BCUT2D eigenvalue weighted by Crippen LogP contribution is -2.33. The number of hydrogen-bond donors (Lipinski definition) is 2. The number of rotatable bonds is 6. The minimum absolute atomic E-state index is 0.248. The van der Waals surface area contributed by atoms with E-state index in [4.69, 9.17) is 21.1 Å². The van der Waals surface area contributed by atoms with Gasteiger partial charge in [0.1, 0.15) is 11.5 Å². The summed E-state index contributed by atoms with van der Waals surface area (Å²) in [7, 11) is 1.53. The Kier molecular flexibility index (Phi) is 8.00. The fourth-order valence-electron chi connectivity index (χ4n) is 2.84. The lowest BCUT2D eigenvalue weighted by molar-refractivity contribution is -0.136. The van der Waals surface area contributed by atoms with Gasteiger partial charge < -0.3 is 14.8 Å². The SMILES string of the molecule is COc1ccc(C(=O)Oc2ccccc2/C(C)=N/NC(=O)C(=O)Nc2ccc(C)c(Cl)c2)cc1. The number of carbonyl (C=O) groups is 3. The number of halogens is 1. The van der Waals surface area contributed by atoms with E-state index < -0.39 is 17.8 Å². The van der Waals surface area contributed by atoms with Crippen LogP contribution >= 0.6 is 11.6 Å². The van der Waals surface area contributed by atoms with Crippen LogP contribution in [0, 0.1) is 6.92 Å². The van der Waals surface area contributed by atoms with E-state index in [1.807, 2.05) is 6.92 Å². The largest absolute Gasteiger partial charge is 0.497 e. The van der Waals surface area contributed by atoms with Crippen LogP contribution in [-0.4, -0.2) is 30.6 Å². The topological polar surface area (TPSA) is 106 Å². The minimum Gasteiger partial charge on any atom is -0.497 e. The molecule has 0 aliphatic heterocycles. The monoisotopic (exact) mass is 479 g/mol. The van der Waals surface area contributed by atoms with Crippen LogP contribution in [0.1, 0.15) is 28.4 Å². The number of aryl methyl sites for hydroxylation is 1. The molecule has 3 aromatic carbocycles. The van der Waals surface area contributed by atoms with Crippen molar-refractivity contribution in [2.24, 2.45) is 5.10 Å². The highest BCUT2D eigenvalue weighted by molar-refractivity contribution is 6.40. The van der Waals surface area contributed by atoms with Crippen LogP contribution < -0.4 is 20.2 Å². The second-order valence-corrected chi connectivity index (χ2v) is 7.58. The van der Waals surface area contributed by atoms with E-state index in [1.165, 1.54) is 7.11 Å². The minimum atomic E-state index is -0.969. The standard InChI is InChI=1S/C25H22ClN3O5/c1-15-8-11-18(14-21(15)26)27-23(30)24(31)29-28-16(2)20-6-4-5-7-22(20)34-25(32)17-9-12-19(33-3)13-10-17/h4-14H,1-3H3,(H,27,30)(H,29,31)/b28-16+. The summed E-state index contributed by atoms with van der Waals surface area (Å²) in [6.07, 6.45) is 0. The van der Waals surface area contributed by atoms with Crippen molar-refractivity contribution in [3.8, 4) is 11.5 Å². The summed E-state index contributed by atoms with van der Waals surface area (Å²) in [5, 5.41) is 6.89. The molecular formula is C25H22ClN3O5. The van der Waals surface area contributed by atoms with Crippen LogP contribution in [0.25, 0.3) is 0 Å². The molecule has 0 bridgehead atoms. The number of benzene rings is 3. The molecule has 3 rings (SSSR count). The van der Waals surface area contributed by atoms with Crippen LogP contribution in [0.2, 0.25) is 5.02 Å². The first kappa shape index (κ1) is 24.5. The highest BCUT2D eigenvalue weighted by Crippen LogP contribution is 2.22. The first-order valence-corrected chi connectivity index (χ1v) is 10.5. The number of amides is 2. The van der Waals surface area contributed by atoms with E-state index in [2.05, 4.69) is 15.8 Å². The Bertz CT molecular complexity index is 1260. The second kappa shape index (κ2) is 11.1. The molecule has 0 aromatic heterocycles. The number of esters is 1. The van der Waals surface area contributed by atoms with Crippen LogP contribution in [0.5, 0.6) is 11.5 Å². The number of ether oxygens (including phenoxy) is 2. The molecule has 0 saturated carbocycles. The molecule has 8 nitrogen and oxygen atoms in total. The first-order valence-electron chi connectivity index (χ1n) is 10.2. The van der Waals surface area contributed by atoms with Gasteiger partial charge in [0.15, 0.2) is 0 Å². The van der Waals surface area contributed by atoms with E-state index >= 15 is 0 Å². The summed E-state index contributed by atoms with van der Waals surface area (Å²) in [4.78, 5) is 36.9. The molecule has 0 fully saturated rings. The molecule has 0 aliphatic rings. The third-order valence-electron chi connectivity index (χ3n) is 4.77. The fraction of sp³-hybridized carbons (Fsp3) is 0.120. The normalized spacial score (nSPS) is 10.9. The number of hydrogen-bond acceptors (Lipinski definition) is 6. The predicted molar refractivity (Wildman–Crippen MR) is 130 cm³/mol. The molecule has 0 atom stereocenters. The van der Waals surface area contributed by atoms with Crippen LogP contribution in [0.15, 0.2) is 71.8 Å². The van der Waals surface area contributed by atoms with E-state index in [-0.39, 0.29) is 5.75 Å². The van der Waals surface area contributed by atoms with Crippen molar-refractivity contribution < 1.29 is 23.9 Å². The number of carbonyl (C=O) groups excluding carboxylic acids is 3. The van der Waals surface area contributed by atoms with Gasteiger partial charge in [0.25, 0.3) is 0 Å². The maximum Gasteiger partial charge on any atom is 0.343 e. The third kappa shape index (κ3) is 6.20. The number of nitrogens with one attached hydrogen (secondary N) is 2. The zero-order chi connectivity index (χ0) is 24.7. The fourth-order valence-corrected chi connectivity index (χ4v) is 3.03. The number of para-hydroxylation sites is 1. The summed E-state index contributed by atoms with van der Waals surface area (Å²) in [6, 6.07) is 18.1. The molecule has 2 amide bonds. The highest BCUT2D eigenvalue weighted by Gasteiger charge is 2.16. The third-order valence-corrected chi connectivity index (χ3v) is 5.17. The molecule has 9 heteroatoms. The van der Waals surface area contributed by atoms with Gasteiger partial charge in [-0.3, -0.25) is 9.59 Å². The van der Waals surface area contributed by atoms with Gasteiger partial charge in [0.05, 0.1) is 18.4 Å². The molecule has 0 unspecified atom stereocenters. The van der Waals surface area contributed by atoms with Crippen molar-refractivity contribution in [1.82, 2.24) is 5.43 Å². The van der Waals surface area contributed by atoms with Crippen molar-refractivity contribution in [2.45, 2.75) is 13.8 Å². The highest BCUT2D eigenvalue weighted by atomic mass is 35.5. The van der Waals surface area contributed by atoms with Gasteiger partial charge in [0.2, 0.25) is 0 Å². The van der Waals surface area contributed by atoms with Gasteiger partial charge in [-0.15, -0.1) is 0 Å². The molecule has 0 radical (unpaired) electrons. The van der Waals surface area contributed by atoms with Crippen LogP contribution in [-0.2, 0) is 9.59 Å². The van der Waals surface area contributed by atoms with Gasteiger partial charge in [0, 0.05) is 16.3 Å². The Morgan fingerprint density at radius 1 is 0.941 bits per heavy atom. The Balaban J connectivity index is 1.67. The van der Waals surface area contributed by atoms with Crippen molar-refractivity contribution in [1.29, 1.82) is 0 Å². The van der Waals surface area contributed by atoms with Gasteiger partial charge in [-0.05, 0) is 67.9 Å². The lowest BCUT2D eigenvalue weighted by atomic mass is 10.1. The Hall–Kier alpha value is -4.17. The maximum atomic E-state index is 12.5. The molecule has 3 aromatic rings. The Labute approximate surface area is 201 Å². The smallest absolute Gasteiger partial charge is 0.343 e. The maximum absolute atomic E-state index is 12.5. The summed E-state index contributed by atoms with van der Waals surface area (Å²) >= 11 is 6.04. The second-order valence-electron chi connectivity index (χ2n) is 7.17. The zero-order valence-electron chi connectivity index (χ0n) is 18.7. The number of methoxy groups -OCH3 is 1. The molecule has 2 N–H and O–H groups in total. The van der Waals surface area contributed by atoms with Crippen LogP contribution in [0.3, 0.4) is 0 Å². The van der Waals surface area contributed by atoms with E-state index in [9.17, 15) is 14.4 Å². The van der Waals surface area contributed by atoms with Gasteiger partial charge in [-0.2, -0.15) is 5.10 Å². The number of nitrogens with zero attached hydrogens (tertiary/aromatic N) is 1. The zero-order valence-corrected chi connectivity index (χ0v) is 19.5. The quantitative estimate of drug-likeness (QED) is 0.180. The number of hydrazone groups is 1. The van der Waals surface area contributed by atoms with E-state index in [1.54, 1.807) is 73.7 Å². The van der Waals surface area contributed by atoms with Gasteiger partial charge >= 0.3 is 17.8 Å². The molecule has 0 spiro atoms. The predicted octanol–water partition coefficient (Wildman–Crippen LogP) is 4.36. The molecule has 0 aliphatic carbocycles. The summed E-state index contributed by atoms with van der Waals surface area (Å²) in [5.74, 6) is -1.58.